The molecule has 2 aromatic rings. The van der Waals surface area contributed by atoms with Gasteiger partial charge < -0.3 is 10.4 Å². The topological polar surface area (TPSA) is 32.3 Å². The van der Waals surface area contributed by atoms with Gasteiger partial charge in [0.15, 0.2) is 0 Å². The monoisotopic (exact) mass is 327 g/mol. The molecule has 0 aliphatic carbocycles. The first-order valence-corrected chi connectivity index (χ1v) is 6.47. The largest absolute Gasteiger partial charge is 0.394 e. The third-order valence-corrected chi connectivity index (χ3v) is 3.17. The van der Waals surface area contributed by atoms with Gasteiger partial charge in [0, 0.05) is 15.7 Å². The maximum Gasteiger partial charge on any atom is 0.128 e. The highest BCUT2D eigenvalue weighted by Crippen LogP contribution is 2.25. The minimum absolute atomic E-state index is 0.302. The number of anilines is 1. The van der Waals surface area contributed by atoms with Gasteiger partial charge in [-0.3, -0.25) is 0 Å². The van der Waals surface area contributed by atoms with Crippen molar-refractivity contribution in [3.8, 4) is 0 Å². The fourth-order valence-electron chi connectivity index (χ4n) is 1.78. The fraction of sp³-hybridized carbons (Fsp3) is 0.143. The molecule has 0 bridgehead atoms. The van der Waals surface area contributed by atoms with Crippen LogP contribution in [0.1, 0.15) is 11.6 Å². The van der Waals surface area contributed by atoms with Gasteiger partial charge in [0.25, 0.3) is 0 Å². The Hall–Kier alpha value is -1.46. The molecule has 1 atom stereocenters. The maximum atomic E-state index is 13.7. The van der Waals surface area contributed by atoms with Crippen LogP contribution in [-0.4, -0.2) is 11.7 Å². The van der Waals surface area contributed by atoms with Gasteiger partial charge >= 0.3 is 0 Å². The van der Waals surface area contributed by atoms with Crippen molar-refractivity contribution in [2.24, 2.45) is 0 Å². The van der Waals surface area contributed by atoms with Crippen molar-refractivity contribution in [3.63, 3.8) is 0 Å². The molecule has 19 heavy (non-hydrogen) atoms. The molecule has 5 heteroatoms. The average molecular weight is 328 g/mol. The summed E-state index contributed by atoms with van der Waals surface area (Å²) in [5.74, 6) is -0.817. The lowest BCUT2D eigenvalue weighted by Gasteiger charge is -2.19. The zero-order chi connectivity index (χ0) is 13.8. The van der Waals surface area contributed by atoms with E-state index in [1.54, 1.807) is 24.3 Å². The number of rotatable bonds is 4. The Kier molecular flexibility index (Phi) is 4.50. The summed E-state index contributed by atoms with van der Waals surface area (Å²) in [4.78, 5) is 0. The first kappa shape index (κ1) is 14.0. The van der Waals surface area contributed by atoms with Crippen LogP contribution in [0.25, 0.3) is 0 Å². The van der Waals surface area contributed by atoms with Gasteiger partial charge in [0.1, 0.15) is 11.6 Å². The molecule has 100 valence electrons. The molecule has 2 rings (SSSR count). The third kappa shape index (κ3) is 3.52. The normalized spacial score (nSPS) is 12.2. The zero-order valence-electron chi connectivity index (χ0n) is 9.91. The highest BCUT2D eigenvalue weighted by atomic mass is 79.9. The molecular formula is C14H12BrF2NO. The van der Waals surface area contributed by atoms with Gasteiger partial charge in [-0.2, -0.15) is 0 Å². The summed E-state index contributed by atoms with van der Waals surface area (Å²) in [6.45, 7) is -0.302. The van der Waals surface area contributed by atoms with Crippen LogP contribution in [-0.2, 0) is 0 Å². The molecule has 2 N–H and O–H groups in total. The van der Waals surface area contributed by atoms with Gasteiger partial charge in [0.2, 0.25) is 0 Å². The second-order valence-electron chi connectivity index (χ2n) is 4.06. The molecule has 0 radical (unpaired) electrons. The molecule has 0 aliphatic heterocycles. The van der Waals surface area contributed by atoms with Crippen LogP contribution in [0, 0.1) is 11.6 Å². The molecule has 0 spiro atoms. The van der Waals surface area contributed by atoms with Gasteiger partial charge in [-0.1, -0.05) is 22.0 Å². The van der Waals surface area contributed by atoms with E-state index in [0.717, 1.165) is 0 Å². The first-order chi connectivity index (χ1) is 9.10. The third-order valence-electron chi connectivity index (χ3n) is 2.68. The standard InChI is InChI=1S/C14H12BrF2NO/c15-9-4-5-13(17)12(6-9)14(8-19)18-11-3-1-2-10(16)7-11/h1-7,14,18-19H,8H2. The van der Waals surface area contributed by atoms with E-state index < -0.39 is 17.7 Å². The van der Waals surface area contributed by atoms with E-state index in [1.165, 1.54) is 18.2 Å². The van der Waals surface area contributed by atoms with Crippen LogP contribution in [0.3, 0.4) is 0 Å². The number of aliphatic hydroxyl groups is 1. The van der Waals surface area contributed by atoms with Crippen molar-refractivity contribution >= 4 is 21.6 Å². The molecule has 0 aliphatic rings. The van der Waals surface area contributed by atoms with Crippen LogP contribution in [0.4, 0.5) is 14.5 Å². The SMILES string of the molecule is OCC(Nc1cccc(F)c1)c1cc(Br)ccc1F. The van der Waals surface area contributed by atoms with Crippen LogP contribution in [0.2, 0.25) is 0 Å². The summed E-state index contributed by atoms with van der Waals surface area (Å²) in [6.07, 6.45) is 0. The van der Waals surface area contributed by atoms with Crippen LogP contribution >= 0.6 is 15.9 Å². The molecule has 1 unspecified atom stereocenters. The minimum Gasteiger partial charge on any atom is -0.394 e. The highest BCUT2D eigenvalue weighted by molar-refractivity contribution is 9.10. The Morgan fingerprint density at radius 3 is 2.63 bits per heavy atom. The predicted octanol–water partition coefficient (Wildman–Crippen LogP) is 3.87. The minimum atomic E-state index is -0.640. The molecule has 2 nitrogen and oxygen atoms in total. The lowest BCUT2D eigenvalue weighted by molar-refractivity contribution is 0.274. The van der Waals surface area contributed by atoms with Gasteiger partial charge in [-0.25, -0.2) is 8.78 Å². The Balaban J connectivity index is 2.27. The first-order valence-electron chi connectivity index (χ1n) is 5.68. The summed E-state index contributed by atoms with van der Waals surface area (Å²) >= 11 is 3.25. The van der Waals surface area contributed by atoms with E-state index >= 15 is 0 Å². The van der Waals surface area contributed by atoms with Crippen LogP contribution in [0.5, 0.6) is 0 Å². The Morgan fingerprint density at radius 2 is 1.95 bits per heavy atom. The molecule has 2 aromatic carbocycles. The second-order valence-corrected chi connectivity index (χ2v) is 4.97. The lowest BCUT2D eigenvalue weighted by Crippen LogP contribution is -2.16. The number of halogens is 3. The van der Waals surface area contributed by atoms with E-state index in [4.69, 9.17) is 0 Å². The number of hydrogen-bond donors (Lipinski definition) is 2. The second kappa shape index (κ2) is 6.12. The van der Waals surface area contributed by atoms with Crippen molar-refractivity contribution in [1.29, 1.82) is 0 Å². The van der Waals surface area contributed by atoms with Gasteiger partial charge in [0.05, 0.1) is 12.6 Å². The molecule has 0 saturated carbocycles. The Labute approximate surface area is 118 Å². The quantitative estimate of drug-likeness (QED) is 0.893. The summed E-state index contributed by atoms with van der Waals surface area (Å²) in [5.41, 5.74) is 0.805. The van der Waals surface area contributed by atoms with Crippen molar-refractivity contribution in [2.45, 2.75) is 6.04 Å². The van der Waals surface area contributed by atoms with E-state index in [-0.39, 0.29) is 6.61 Å². The van der Waals surface area contributed by atoms with Crippen molar-refractivity contribution < 1.29 is 13.9 Å². The Bertz CT molecular complexity index is 577. The summed E-state index contributed by atoms with van der Waals surface area (Å²) in [5, 5.41) is 12.3. The molecule has 0 fully saturated rings. The van der Waals surface area contributed by atoms with Crippen LogP contribution in [0.15, 0.2) is 46.9 Å². The van der Waals surface area contributed by atoms with E-state index in [0.29, 0.717) is 15.7 Å². The zero-order valence-corrected chi connectivity index (χ0v) is 11.5. The summed E-state index contributed by atoms with van der Waals surface area (Å²) < 4.78 is 27.5. The molecule has 0 saturated heterocycles. The Morgan fingerprint density at radius 1 is 1.16 bits per heavy atom. The van der Waals surface area contributed by atoms with Crippen molar-refractivity contribution in [2.75, 3.05) is 11.9 Å². The summed E-state index contributed by atoms with van der Waals surface area (Å²) in [7, 11) is 0. The van der Waals surface area contributed by atoms with E-state index in [9.17, 15) is 13.9 Å². The number of nitrogens with one attached hydrogen (secondary N) is 1. The highest BCUT2D eigenvalue weighted by Gasteiger charge is 2.15. The molecular weight excluding hydrogens is 316 g/mol. The van der Waals surface area contributed by atoms with Gasteiger partial charge in [-0.05, 0) is 36.4 Å². The van der Waals surface area contributed by atoms with Gasteiger partial charge in [-0.15, -0.1) is 0 Å². The predicted molar refractivity (Wildman–Crippen MR) is 73.9 cm³/mol. The fourth-order valence-corrected chi connectivity index (χ4v) is 2.16. The number of benzene rings is 2. The summed E-state index contributed by atoms with van der Waals surface area (Å²) in [6, 6.07) is 9.65. The maximum absolute atomic E-state index is 13.7. The lowest BCUT2D eigenvalue weighted by atomic mass is 10.1. The van der Waals surface area contributed by atoms with E-state index in [1.807, 2.05) is 0 Å². The van der Waals surface area contributed by atoms with E-state index in [2.05, 4.69) is 21.2 Å². The average Bonchev–Trinajstić information content (AvgIpc) is 2.39. The number of aliphatic hydroxyl groups excluding tert-OH is 1. The smallest absolute Gasteiger partial charge is 0.128 e. The molecule has 0 amide bonds. The van der Waals surface area contributed by atoms with Crippen molar-refractivity contribution in [3.05, 3.63) is 64.1 Å². The number of hydrogen-bond acceptors (Lipinski definition) is 2. The van der Waals surface area contributed by atoms with Crippen LogP contribution < -0.4 is 5.32 Å². The van der Waals surface area contributed by atoms with Crippen molar-refractivity contribution in [1.82, 2.24) is 0 Å². The molecule has 0 heterocycles. The molecule has 0 aromatic heterocycles.